The van der Waals surface area contributed by atoms with E-state index in [-0.39, 0.29) is 12.4 Å². The van der Waals surface area contributed by atoms with Gasteiger partial charge in [0.25, 0.3) is 0 Å². The fourth-order valence-corrected chi connectivity index (χ4v) is 3.97. The standard InChI is InChI=1S/C15H18N8.C8H16.C3H6F2/c1-4-18-14-13-10(7-8-23(13)22-15(16)20-14)12-6-5-11(21-17-3)9(2)19-12;1-8(2)6-4-3-5-7-8;1-2-3(4)5/h5-8H,4H2,1-3H3,(H3,16,18,20,22);3-7H2,1-2H3;3H,2H2,1H3. The molecule has 4 rings (SSSR count). The van der Waals surface area contributed by atoms with Crippen LogP contribution in [0.3, 0.4) is 0 Å². The number of pyridine rings is 1. The van der Waals surface area contributed by atoms with Gasteiger partial charge >= 0.3 is 0 Å². The second kappa shape index (κ2) is 13.8. The average Bonchev–Trinajstić information content (AvgIpc) is 3.25. The van der Waals surface area contributed by atoms with Crippen LogP contribution in [0, 0.1) is 12.3 Å². The smallest absolute Gasteiger partial charge is 0.240 e. The number of fused-ring (bicyclic) bond motifs is 1. The van der Waals surface area contributed by atoms with E-state index in [1.807, 2.05) is 38.2 Å². The number of nitrogens with one attached hydrogen (secondary N) is 1. The van der Waals surface area contributed by atoms with Crippen molar-refractivity contribution >= 4 is 23.0 Å². The number of anilines is 2. The Hall–Kier alpha value is -3.17. The molecule has 0 unspecified atom stereocenters. The lowest BCUT2D eigenvalue weighted by atomic mass is 9.78. The third-order valence-electron chi connectivity index (χ3n) is 5.93. The van der Waals surface area contributed by atoms with E-state index in [9.17, 15) is 8.78 Å². The summed E-state index contributed by atoms with van der Waals surface area (Å²) in [4.78, 5) is 8.92. The first kappa shape index (κ1) is 29.1. The maximum atomic E-state index is 10.8. The quantitative estimate of drug-likeness (QED) is 0.352. The van der Waals surface area contributed by atoms with Crippen molar-refractivity contribution in [2.75, 3.05) is 24.6 Å². The molecule has 0 aromatic carbocycles. The lowest BCUT2D eigenvalue weighted by Crippen LogP contribution is -2.14. The van der Waals surface area contributed by atoms with E-state index >= 15 is 0 Å². The van der Waals surface area contributed by atoms with Crippen LogP contribution in [0.2, 0.25) is 0 Å². The minimum atomic E-state index is -2.12. The summed E-state index contributed by atoms with van der Waals surface area (Å²) < 4.78 is 23.2. The first-order valence-corrected chi connectivity index (χ1v) is 12.6. The molecule has 0 spiro atoms. The van der Waals surface area contributed by atoms with Crippen molar-refractivity contribution < 1.29 is 8.78 Å². The normalized spacial score (nSPS) is 14.8. The van der Waals surface area contributed by atoms with E-state index in [2.05, 4.69) is 44.5 Å². The van der Waals surface area contributed by atoms with Crippen LogP contribution in [-0.2, 0) is 0 Å². The second-order valence-corrected chi connectivity index (χ2v) is 9.50. The number of nitrogens with zero attached hydrogens (tertiary/aromatic N) is 6. The average molecular weight is 503 g/mol. The molecule has 198 valence electrons. The SMILES string of the molecule is CC1(C)CCCCC1.CCC(F)F.CCNc1nc(N)nn2ccc(-c3ccc(N=NC)c(C)n3)c12. The molecule has 3 N–H and O–H groups in total. The molecule has 36 heavy (non-hydrogen) atoms. The zero-order valence-corrected chi connectivity index (χ0v) is 22.4. The Bertz CT molecular complexity index is 1120. The zero-order valence-electron chi connectivity index (χ0n) is 22.4. The summed E-state index contributed by atoms with van der Waals surface area (Å²) in [5, 5.41) is 15.3. The predicted molar refractivity (Wildman–Crippen MR) is 143 cm³/mol. The molecule has 0 amide bonds. The number of aromatic nitrogens is 4. The Balaban J connectivity index is 0.000000288. The second-order valence-electron chi connectivity index (χ2n) is 9.50. The van der Waals surface area contributed by atoms with Crippen molar-refractivity contribution in [2.45, 2.75) is 79.6 Å². The van der Waals surface area contributed by atoms with Gasteiger partial charge in [0.05, 0.1) is 11.4 Å². The third kappa shape index (κ3) is 8.49. The highest BCUT2D eigenvalue weighted by Gasteiger charge is 2.20. The highest BCUT2D eigenvalue weighted by molar-refractivity contribution is 5.87. The number of nitrogens with two attached hydrogens (primary N) is 1. The van der Waals surface area contributed by atoms with Crippen LogP contribution in [0.15, 0.2) is 34.6 Å². The zero-order chi connectivity index (χ0) is 26.7. The van der Waals surface area contributed by atoms with Crippen LogP contribution in [0.4, 0.5) is 26.2 Å². The number of nitrogen functional groups attached to an aromatic ring is 1. The summed E-state index contributed by atoms with van der Waals surface area (Å²) >= 11 is 0. The summed E-state index contributed by atoms with van der Waals surface area (Å²) in [6, 6.07) is 5.77. The Morgan fingerprint density at radius 3 is 2.28 bits per heavy atom. The summed E-state index contributed by atoms with van der Waals surface area (Å²) in [6.07, 6.45) is 7.01. The van der Waals surface area contributed by atoms with Gasteiger partial charge in [-0.15, -0.1) is 5.10 Å². The molecule has 3 aromatic rings. The molecule has 0 radical (unpaired) electrons. The van der Waals surface area contributed by atoms with Gasteiger partial charge in [-0.2, -0.15) is 15.2 Å². The molecule has 8 nitrogen and oxygen atoms in total. The van der Waals surface area contributed by atoms with Crippen molar-refractivity contribution in [2.24, 2.45) is 15.6 Å². The topological polar surface area (TPSA) is 106 Å². The van der Waals surface area contributed by atoms with E-state index in [4.69, 9.17) is 5.73 Å². The minimum Gasteiger partial charge on any atom is -0.368 e. The van der Waals surface area contributed by atoms with Crippen LogP contribution in [-0.4, -0.2) is 39.6 Å². The van der Waals surface area contributed by atoms with E-state index in [1.54, 1.807) is 11.6 Å². The van der Waals surface area contributed by atoms with Gasteiger partial charge in [-0.25, -0.2) is 13.3 Å². The van der Waals surface area contributed by atoms with Gasteiger partial charge in [0.15, 0.2) is 5.82 Å². The van der Waals surface area contributed by atoms with Gasteiger partial charge in [0.1, 0.15) is 11.2 Å². The molecular formula is C26H40F2N8. The Morgan fingerprint density at radius 2 is 1.78 bits per heavy atom. The molecule has 1 aliphatic rings. The van der Waals surface area contributed by atoms with E-state index in [1.165, 1.54) is 39.0 Å². The maximum absolute atomic E-state index is 10.8. The molecule has 3 aromatic heterocycles. The summed E-state index contributed by atoms with van der Waals surface area (Å²) in [7, 11) is 1.64. The summed E-state index contributed by atoms with van der Waals surface area (Å²) in [5.74, 6) is 0.912. The van der Waals surface area contributed by atoms with E-state index in [0.29, 0.717) is 11.2 Å². The largest absolute Gasteiger partial charge is 0.368 e. The fourth-order valence-electron chi connectivity index (χ4n) is 3.97. The van der Waals surface area contributed by atoms with Gasteiger partial charge in [0, 0.05) is 31.8 Å². The van der Waals surface area contributed by atoms with Crippen LogP contribution in [0.25, 0.3) is 16.8 Å². The number of hydrogen-bond acceptors (Lipinski definition) is 7. The summed E-state index contributed by atoms with van der Waals surface area (Å²) in [6.45, 7) is 10.9. The molecule has 1 aliphatic carbocycles. The molecule has 0 saturated heterocycles. The Kier molecular flexibility index (Phi) is 11.1. The number of alkyl halides is 2. The van der Waals surface area contributed by atoms with Gasteiger partial charge in [-0.05, 0) is 50.3 Å². The number of hydrogen-bond donors (Lipinski definition) is 2. The van der Waals surface area contributed by atoms with Crippen molar-refractivity contribution in [1.29, 1.82) is 0 Å². The lowest BCUT2D eigenvalue weighted by molar-refractivity contribution is 0.144. The van der Waals surface area contributed by atoms with Crippen LogP contribution in [0.5, 0.6) is 0 Å². The molecular weight excluding hydrogens is 462 g/mol. The van der Waals surface area contributed by atoms with Crippen LogP contribution in [0.1, 0.15) is 71.9 Å². The first-order chi connectivity index (χ1) is 17.1. The highest BCUT2D eigenvalue weighted by Crippen LogP contribution is 2.34. The van der Waals surface area contributed by atoms with Gasteiger partial charge in [-0.1, -0.05) is 40.0 Å². The van der Waals surface area contributed by atoms with Crippen LogP contribution < -0.4 is 11.1 Å². The van der Waals surface area contributed by atoms with Gasteiger partial charge in [0.2, 0.25) is 12.4 Å². The van der Waals surface area contributed by atoms with Crippen molar-refractivity contribution in [1.82, 2.24) is 19.6 Å². The molecule has 0 aliphatic heterocycles. The number of azo groups is 1. The molecule has 0 atom stereocenters. The minimum absolute atomic E-state index is 0.0278. The first-order valence-electron chi connectivity index (χ1n) is 12.6. The molecule has 0 bridgehead atoms. The molecule has 10 heteroatoms. The Labute approximate surface area is 212 Å². The third-order valence-corrected chi connectivity index (χ3v) is 5.93. The molecule has 1 saturated carbocycles. The van der Waals surface area contributed by atoms with Crippen molar-refractivity contribution in [3.05, 3.63) is 30.1 Å². The monoisotopic (exact) mass is 502 g/mol. The molecule has 1 fully saturated rings. The van der Waals surface area contributed by atoms with Crippen molar-refractivity contribution in [3.8, 4) is 11.3 Å². The maximum Gasteiger partial charge on any atom is 0.240 e. The number of halogens is 2. The van der Waals surface area contributed by atoms with Crippen LogP contribution >= 0.6 is 0 Å². The lowest BCUT2D eigenvalue weighted by Gasteiger charge is -2.28. The van der Waals surface area contributed by atoms with Gasteiger partial charge in [-0.3, -0.25) is 4.98 Å². The van der Waals surface area contributed by atoms with Gasteiger partial charge < -0.3 is 11.1 Å². The van der Waals surface area contributed by atoms with E-state index in [0.717, 1.165) is 34.7 Å². The number of rotatable bonds is 5. The van der Waals surface area contributed by atoms with E-state index < -0.39 is 6.43 Å². The van der Waals surface area contributed by atoms with Crippen molar-refractivity contribution in [3.63, 3.8) is 0 Å². The fraction of sp³-hybridized carbons (Fsp3) is 0.577. The predicted octanol–water partition coefficient (Wildman–Crippen LogP) is 7.47. The molecule has 3 heterocycles. The highest BCUT2D eigenvalue weighted by atomic mass is 19.3. The number of aryl methyl sites for hydroxylation is 1. The Morgan fingerprint density at radius 1 is 1.11 bits per heavy atom. The summed E-state index contributed by atoms with van der Waals surface area (Å²) in [5.41, 5.74) is 10.6.